The lowest BCUT2D eigenvalue weighted by atomic mass is 10.1. The van der Waals surface area contributed by atoms with E-state index < -0.39 is 0 Å². The van der Waals surface area contributed by atoms with Crippen molar-refractivity contribution in [2.75, 3.05) is 26.7 Å². The van der Waals surface area contributed by atoms with Crippen molar-refractivity contribution in [3.63, 3.8) is 0 Å². The number of nitrogens with zero attached hydrogens (tertiary/aromatic N) is 1. The summed E-state index contributed by atoms with van der Waals surface area (Å²) >= 11 is 0. The largest absolute Gasteiger partial charge is 1.00 e. The molecule has 4 heteroatoms. The molecule has 0 saturated carbocycles. The van der Waals surface area contributed by atoms with Crippen LogP contribution in [0.5, 0.6) is 0 Å². The van der Waals surface area contributed by atoms with Crippen molar-refractivity contribution in [1.29, 1.82) is 0 Å². The SMILES string of the molecule is CCCCCCCCC[N+](C)(CC(O)CC)CC(O)CC.[Cl-]. The van der Waals surface area contributed by atoms with Crippen molar-refractivity contribution < 1.29 is 27.1 Å². The molecule has 2 unspecified atom stereocenters. The molecule has 0 rings (SSSR count). The van der Waals surface area contributed by atoms with Crippen molar-refractivity contribution in [1.82, 2.24) is 0 Å². The molecular formula is C18H40ClNO2. The number of unbranched alkanes of at least 4 members (excludes halogenated alkanes) is 6. The van der Waals surface area contributed by atoms with Gasteiger partial charge >= 0.3 is 0 Å². The molecule has 0 aliphatic carbocycles. The van der Waals surface area contributed by atoms with Crippen LogP contribution in [-0.2, 0) is 0 Å². The molecule has 2 atom stereocenters. The van der Waals surface area contributed by atoms with Crippen LogP contribution in [0.25, 0.3) is 0 Å². The van der Waals surface area contributed by atoms with Crippen LogP contribution in [-0.4, -0.2) is 53.6 Å². The Balaban J connectivity index is 0. The van der Waals surface area contributed by atoms with Gasteiger partial charge < -0.3 is 27.1 Å². The van der Waals surface area contributed by atoms with E-state index in [2.05, 4.69) is 14.0 Å². The van der Waals surface area contributed by atoms with Crippen LogP contribution in [0.2, 0.25) is 0 Å². The smallest absolute Gasteiger partial charge is 0.105 e. The highest BCUT2D eigenvalue weighted by molar-refractivity contribution is 4.57. The molecule has 0 bridgehead atoms. The van der Waals surface area contributed by atoms with Crippen molar-refractivity contribution in [3.8, 4) is 0 Å². The lowest BCUT2D eigenvalue weighted by Crippen LogP contribution is -3.00. The summed E-state index contributed by atoms with van der Waals surface area (Å²) in [5.41, 5.74) is 0. The van der Waals surface area contributed by atoms with E-state index in [1.807, 2.05) is 13.8 Å². The molecule has 0 saturated heterocycles. The van der Waals surface area contributed by atoms with E-state index in [0.717, 1.165) is 37.0 Å². The average molecular weight is 338 g/mol. The molecule has 136 valence electrons. The summed E-state index contributed by atoms with van der Waals surface area (Å²) in [4.78, 5) is 0. The van der Waals surface area contributed by atoms with Gasteiger partial charge in [0.05, 0.1) is 13.6 Å². The number of aliphatic hydroxyl groups excluding tert-OH is 2. The van der Waals surface area contributed by atoms with Crippen molar-refractivity contribution in [2.45, 2.75) is 90.8 Å². The molecule has 0 amide bonds. The van der Waals surface area contributed by atoms with Crippen LogP contribution in [0.3, 0.4) is 0 Å². The van der Waals surface area contributed by atoms with Crippen molar-refractivity contribution in [2.24, 2.45) is 0 Å². The van der Waals surface area contributed by atoms with Crippen LogP contribution in [0, 0.1) is 0 Å². The maximum atomic E-state index is 9.98. The molecule has 22 heavy (non-hydrogen) atoms. The number of hydrogen-bond acceptors (Lipinski definition) is 2. The van der Waals surface area contributed by atoms with E-state index in [0.29, 0.717) is 0 Å². The highest BCUT2D eigenvalue weighted by atomic mass is 35.5. The van der Waals surface area contributed by atoms with Gasteiger partial charge in [-0.15, -0.1) is 0 Å². The minimum atomic E-state index is -0.247. The van der Waals surface area contributed by atoms with Crippen molar-refractivity contribution in [3.05, 3.63) is 0 Å². The summed E-state index contributed by atoms with van der Waals surface area (Å²) in [6.07, 6.45) is 10.3. The number of likely N-dealkylation sites (N-methyl/N-ethyl adjacent to an activating group) is 1. The van der Waals surface area contributed by atoms with Gasteiger partial charge in [-0.25, -0.2) is 0 Å². The molecule has 0 aromatic heterocycles. The number of hydrogen-bond donors (Lipinski definition) is 2. The van der Waals surface area contributed by atoms with E-state index in [1.54, 1.807) is 0 Å². The van der Waals surface area contributed by atoms with E-state index in [4.69, 9.17) is 0 Å². The number of quaternary nitrogens is 1. The van der Waals surface area contributed by atoms with Gasteiger partial charge in [-0.3, -0.25) is 0 Å². The lowest BCUT2D eigenvalue weighted by molar-refractivity contribution is -0.915. The van der Waals surface area contributed by atoms with Crippen LogP contribution in [0.15, 0.2) is 0 Å². The second-order valence-electron chi connectivity index (χ2n) is 6.95. The first-order chi connectivity index (χ1) is 9.97. The molecule has 2 N–H and O–H groups in total. The predicted octanol–water partition coefficient (Wildman–Crippen LogP) is 0.729. The molecule has 0 aromatic rings. The quantitative estimate of drug-likeness (QED) is 0.362. The second kappa shape index (κ2) is 14.7. The molecular weight excluding hydrogens is 298 g/mol. The van der Waals surface area contributed by atoms with Crippen LogP contribution in [0.4, 0.5) is 0 Å². The second-order valence-corrected chi connectivity index (χ2v) is 6.95. The monoisotopic (exact) mass is 337 g/mol. The van der Waals surface area contributed by atoms with E-state index in [9.17, 15) is 10.2 Å². The van der Waals surface area contributed by atoms with Gasteiger partial charge in [-0.1, -0.05) is 52.9 Å². The van der Waals surface area contributed by atoms with Gasteiger partial charge in [0.2, 0.25) is 0 Å². The topological polar surface area (TPSA) is 40.5 Å². The molecule has 0 spiro atoms. The maximum absolute atomic E-state index is 9.98. The van der Waals surface area contributed by atoms with Crippen LogP contribution < -0.4 is 12.4 Å². The highest BCUT2D eigenvalue weighted by Gasteiger charge is 2.27. The zero-order valence-electron chi connectivity index (χ0n) is 15.4. The fraction of sp³-hybridized carbons (Fsp3) is 1.00. The molecule has 0 aliphatic heterocycles. The van der Waals surface area contributed by atoms with Gasteiger partial charge in [0.1, 0.15) is 25.3 Å². The van der Waals surface area contributed by atoms with Gasteiger partial charge in [-0.2, -0.15) is 0 Å². The minimum absolute atomic E-state index is 0. The van der Waals surface area contributed by atoms with E-state index in [-0.39, 0.29) is 24.6 Å². The third-order valence-corrected chi connectivity index (χ3v) is 4.55. The van der Waals surface area contributed by atoms with E-state index >= 15 is 0 Å². The average Bonchev–Trinajstić information content (AvgIpc) is 2.45. The fourth-order valence-corrected chi connectivity index (χ4v) is 2.98. The Morgan fingerprint density at radius 2 is 1.14 bits per heavy atom. The van der Waals surface area contributed by atoms with E-state index in [1.165, 1.54) is 44.9 Å². The number of aliphatic hydroxyl groups is 2. The Labute approximate surface area is 145 Å². The Kier molecular flexibility index (Phi) is 16.4. The van der Waals surface area contributed by atoms with Gasteiger partial charge in [0.25, 0.3) is 0 Å². The van der Waals surface area contributed by atoms with Gasteiger partial charge in [0.15, 0.2) is 0 Å². The summed E-state index contributed by atoms with van der Waals surface area (Å²) in [5, 5.41) is 20.0. The molecule has 0 radical (unpaired) electrons. The summed E-state index contributed by atoms with van der Waals surface area (Å²) < 4.78 is 0.805. The van der Waals surface area contributed by atoms with Crippen LogP contribution in [0.1, 0.15) is 78.6 Å². The zero-order chi connectivity index (χ0) is 16.1. The first kappa shape index (κ1) is 24.4. The third-order valence-electron chi connectivity index (χ3n) is 4.55. The maximum Gasteiger partial charge on any atom is 0.105 e. The fourth-order valence-electron chi connectivity index (χ4n) is 2.98. The van der Waals surface area contributed by atoms with Gasteiger partial charge in [-0.05, 0) is 25.7 Å². The Hall–Kier alpha value is 0.170. The normalized spacial score (nSPS) is 16.6. The predicted molar refractivity (Wildman–Crippen MR) is 91.4 cm³/mol. The highest BCUT2D eigenvalue weighted by Crippen LogP contribution is 2.14. The summed E-state index contributed by atoms with van der Waals surface area (Å²) in [6.45, 7) is 8.91. The Morgan fingerprint density at radius 1 is 0.727 bits per heavy atom. The van der Waals surface area contributed by atoms with Crippen LogP contribution >= 0.6 is 0 Å². The first-order valence-electron chi connectivity index (χ1n) is 9.17. The third kappa shape index (κ3) is 12.7. The molecule has 0 fully saturated rings. The Bertz CT molecular complexity index is 227. The zero-order valence-corrected chi connectivity index (χ0v) is 16.1. The molecule has 3 nitrogen and oxygen atoms in total. The first-order valence-corrected chi connectivity index (χ1v) is 9.17. The minimum Gasteiger partial charge on any atom is -1.00 e. The lowest BCUT2D eigenvalue weighted by Gasteiger charge is -2.37. The number of rotatable bonds is 14. The molecule has 0 heterocycles. The summed E-state index contributed by atoms with van der Waals surface area (Å²) in [6, 6.07) is 0. The summed E-state index contributed by atoms with van der Waals surface area (Å²) in [5.74, 6) is 0. The molecule has 0 aliphatic rings. The standard InChI is InChI=1S/C18H40NO2.ClH/c1-5-8-9-10-11-12-13-14-19(4,15-17(20)6-2)16-18(21)7-3;/h17-18,20-21H,5-16H2,1-4H3;1H/q+1;/p-1. The van der Waals surface area contributed by atoms with Gasteiger partial charge in [0, 0.05) is 0 Å². The Morgan fingerprint density at radius 3 is 1.55 bits per heavy atom. The number of halogens is 1. The molecule has 0 aromatic carbocycles. The summed E-state index contributed by atoms with van der Waals surface area (Å²) in [7, 11) is 2.19. The van der Waals surface area contributed by atoms with Crippen molar-refractivity contribution >= 4 is 0 Å².